The van der Waals surface area contributed by atoms with Crippen LogP contribution in [0.5, 0.6) is 0 Å². The van der Waals surface area contributed by atoms with E-state index in [1.807, 2.05) is 19.9 Å². The molecule has 0 bridgehead atoms. The Hall–Kier alpha value is -2.47. The highest BCUT2D eigenvalue weighted by Gasteiger charge is 2.54. The Morgan fingerprint density at radius 3 is 2.04 bits per heavy atom. The van der Waals surface area contributed by atoms with E-state index in [-0.39, 0.29) is 24.9 Å². The number of esters is 2. The smallest absolute Gasteiger partial charge is 0.342 e. The van der Waals surface area contributed by atoms with Gasteiger partial charge in [0.25, 0.3) is 0 Å². The Labute approximate surface area is 153 Å². The quantitative estimate of drug-likeness (QED) is 0.457. The SMILES string of the molecule is CCOC(=O)C1(C(=O)OCC)C=C(C(=O)c2ccccc2)[C@H](C(C)C)N1. The highest BCUT2D eigenvalue weighted by molar-refractivity contribution is 6.15. The van der Waals surface area contributed by atoms with Crippen molar-refractivity contribution < 1.29 is 23.9 Å². The van der Waals surface area contributed by atoms with E-state index in [9.17, 15) is 14.4 Å². The molecule has 0 amide bonds. The van der Waals surface area contributed by atoms with Gasteiger partial charge in [0.05, 0.1) is 13.2 Å². The van der Waals surface area contributed by atoms with Crippen LogP contribution in [0.25, 0.3) is 0 Å². The van der Waals surface area contributed by atoms with E-state index < -0.39 is 23.5 Å². The molecule has 0 aliphatic carbocycles. The summed E-state index contributed by atoms with van der Waals surface area (Å²) in [5.41, 5.74) is -0.942. The zero-order valence-corrected chi connectivity index (χ0v) is 15.6. The number of rotatable bonds is 7. The molecule has 26 heavy (non-hydrogen) atoms. The summed E-state index contributed by atoms with van der Waals surface area (Å²) in [7, 11) is 0. The van der Waals surface area contributed by atoms with Crippen molar-refractivity contribution in [3.8, 4) is 0 Å². The van der Waals surface area contributed by atoms with E-state index in [1.165, 1.54) is 6.08 Å². The van der Waals surface area contributed by atoms with E-state index >= 15 is 0 Å². The Morgan fingerprint density at radius 2 is 1.58 bits per heavy atom. The minimum Gasteiger partial charge on any atom is -0.464 e. The van der Waals surface area contributed by atoms with Crippen LogP contribution in [0.3, 0.4) is 0 Å². The third-order valence-corrected chi connectivity index (χ3v) is 4.25. The zero-order chi connectivity index (χ0) is 19.3. The van der Waals surface area contributed by atoms with Gasteiger partial charge in [0, 0.05) is 17.2 Å². The average Bonchev–Trinajstić information content (AvgIpc) is 3.05. The highest BCUT2D eigenvalue weighted by Crippen LogP contribution is 2.31. The minimum atomic E-state index is -1.80. The molecule has 1 aliphatic rings. The van der Waals surface area contributed by atoms with Crippen molar-refractivity contribution in [2.24, 2.45) is 5.92 Å². The summed E-state index contributed by atoms with van der Waals surface area (Å²) >= 11 is 0. The molecule has 0 radical (unpaired) electrons. The summed E-state index contributed by atoms with van der Waals surface area (Å²) < 4.78 is 10.2. The second-order valence-electron chi connectivity index (χ2n) is 6.41. The molecule has 0 aromatic heterocycles. The van der Waals surface area contributed by atoms with Gasteiger partial charge in [-0.05, 0) is 25.8 Å². The molecule has 1 heterocycles. The fraction of sp³-hybridized carbons (Fsp3) is 0.450. The maximum absolute atomic E-state index is 13.0. The second-order valence-corrected chi connectivity index (χ2v) is 6.41. The first-order chi connectivity index (χ1) is 12.4. The van der Waals surface area contributed by atoms with E-state index in [4.69, 9.17) is 9.47 Å². The van der Waals surface area contributed by atoms with Gasteiger partial charge in [-0.3, -0.25) is 10.1 Å². The number of ketones is 1. The Kier molecular flexibility index (Phi) is 6.32. The maximum Gasteiger partial charge on any atom is 0.342 e. The number of carbonyl (C=O) groups is 3. The lowest BCUT2D eigenvalue weighted by molar-refractivity contribution is -0.163. The summed E-state index contributed by atoms with van der Waals surface area (Å²) in [5, 5.41) is 3.01. The molecule has 1 aliphatic heterocycles. The molecule has 0 unspecified atom stereocenters. The first-order valence-electron chi connectivity index (χ1n) is 8.82. The molecular formula is C20H25NO5. The first kappa shape index (κ1) is 19.8. The van der Waals surface area contributed by atoms with Gasteiger partial charge in [0.2, 0.25) is 5.54 Å². The molecule has 0 fully saturated rings. The Bertz CT molecular complexity index is 690. The van der Waals surface area contributed by atoms with Gasteiger partial charge in [-0.1, -0.05) is 44.2 Å². The molecule has 140 valence electrons. The maximum atomic E-state index is 13.0. The topological polar surface area (TPSA) is 81.7 Å². The average molecular weight is 359 g/mol. The molecule has 6 nitrogen and oxygen atoms in total. The van der Waals surface area contributed by atoms with Crippen molar-refractivity contribution in [3.05, 3.63) is 47.5 Å². The minimum absolute atomic E-state index is 0.0281. The van der Waals surface area contributed by atoms with Crippen LogP contribution in [0, 0.1) is 5.92 Å². The third kappa shape index (κ3) is 3.70. The summed E-state index contributed by atoms with van der Waals surface area (Å²) in [5.74, 6) is -1.79. The molecule has 1 aromatic rings. The van der Waals surface area contributed by atoms with Crippen molar-refractivity contribution in [2.75, 3.05) is 13.2 Å². The Balaban J connectivity index is 2.53. The van der Waals surface area contributed by atoms with Crippen LogP contribution in [0.1, 0.15) is 38.1 Å². The standard InChI is InChI=1S/C20H25NO5/c1-5-25-18(23)20(19(24)26-6-2)12-15(16(21-20)13(3)4)17(22)14-10-8-7-9-11-14/h7-13,16,21H,5-6H2,1-4H3/t16-/m0/s1. The number of hydrogen-bond donors (Lipinski definition) is 1. The van der Waals surface area contributed by atoms with Crippen molar-refractivity contribution in [2.45, 2.75) is 39.3 Å². The van der Waals surface area contributed by atoms with E-state index in [1.54, 1.807) is 38.1 Å². The summed E-state index contributed by atoms with van der Waals surface area (Å²) in [6.45, 7) is 7.37. The number of hydrogen-bond acceptors (Lipinski definition) is 6. The normalized spacial score (nSPS) is 18.3. The van der Waals surface area contributed by atoms with Crippen molar-refractivity contribution in [1.82, 2.24) is 5.32 Å². The number of Topliss-reactive ketones (excluding diaryl/α,β-unsaturated/α-hetero) is 1. The summed E-state index contributed by atoms with van der Waals surface area (Å²) in [6, 6.07) is 8.29. The van der Waals surface area contributed by atoms with Gasteiger partial charge in [-0.2, -0.15) is 0 Å². The van der Waals surface area contributed by atoms with Crippen molar-refractivity contribution in [3.63, 3.8) is 0 Å². The van der Waals surface area contributed by atoms with Crippen LogP contribution in [0.15, 0.2) is 42.0 Å². The van der Waals surface area contributed by atoms with Crippen LogP contribution >= 0.6 is 0 Å². The lowest BCUT2D eigenvalue weighted by Crippen LogP contribution is -2.58. The van der Waals surface area contributed by atoms with Gasteiger partial charge in [0.15, 0.2) is 5.78 Å². The molecule has 0 spiro atoms. The lowest BCUT2D eigenvalue weighted by atomic mass is 9.91. The fourth-order valence-corrected chi connectivity index (χ4v) is 2.99. The molecule has 0 saturated carbocycles. The summed E-state index contributed by atoms with van der Waals surface area (Å²) in [6.07, 6.45) is 1.38. The van der Waals surface area contributed by atoms with Crippen LogP contribution < -0.4 is 5.32 Å². The lowest BCUT2D eigenvalue weighted by Gasteiger charge is -2.27. The van der Waals surface area contributed by atoms with E-state index in [2.05, 4.69) is 5.32 Å². The van der Waals surface area contributed by atoms with Crippen LogP contribution in [-0.4, -0.2) is 42.5 Å². The fourth-order valence-electron chi connectivity index (χ4n) is 2.99. The van der Waals surface area contributed by atoms with Gasteiger partial charge >= 0.3 is 11.9 Å². The van der Waals surface area contributed by atoms with Gasteiger partial charge in [0.1, 0.15) is 0 Å². The molecule has 2 rings (SSSR count). The van der Waals surface area contributed by atoms with E-state index in [0.717, 1.165) is 0 Å². The van der Waals surface area contributed by atoms with Crippen molar-refractivity contribution >= 4 is 17.7 Å². The largest absolute Gasteiger partial charge is 0.464 e. The van der Waals surface area contributed by atoms with Crippen LogP contribution in [0.2, 0.25) is 0 Å². The predicted octanol–water partition coefficient (Wildman–Crippen LogP) is 2.29. The zero-order valence-electron chi connectivity index (χ0n) is 15.6. The van der Waals surface area contributed by atoms with Crippen molar-refractivity contribution in [1.29, 1.82) is 0 Å². The number of nitrogens with one attached hydrogen (secondary N) is 1. The molecule has 1 N–H and O–H groups in total. The van der Waals surface area contributed by atoms with Crippen LogP contribution in [-0.2, 0) is 19.1 Å². The van der Waals surface area contributed by atoms with E-state index in [0.29, 0.717) is 11.1 Å². The second kappa shape index (κ2) is 8.27. The Morgan fingerprint density at radius 1 is 1.04 bits per heavy atom. The molecular weight excluding hydrogens is 334 g/mol. The monoisotopic (exact) mass is 359 g/mol. The molecule has 1 atom stereocenters. The highest BCUT2D eigenvalue weighted by atomic mass is 16.6. The molecule has 6 heteroatoms. The van der Waals surface area contributed by atoms with Gasteiger partial charge in [-0.15, -0.1) is 0 Å². The van der Waals surface area contributed by atoms with Crippen LogP contribution in [0.4, 0.5) is 0 Å². The predicted molar refractivity (Wildman–Crippen MR) is 96.6 cm³/mol. The third-order valence-electron chi connectivity index (χ3n) is 4.25. The molecule has 0 saturated heterocycles. The molecule has 1 aromatic carbocycles. The summed E-state index contributed by atoms with van der Waals surface area (Å²) in [4.78, 5) is 38.2. The van der Waals surface area contributed by atoms with Gasteiger partial charge < -0.3 is 9.47 Å². The first-order valence-corrected chi connectivity index (χ1v) is 8.82. The number of benzene rings is 1. The van der Waals surface area contributed by atoms with Gasteiger partial charge in [-0.25, -0.2) is 9.59 Å². The number of ether oxygens (including phenoxy) is 2. The number of carbonyl (C=O) groups excluding carboxylic acids is 3.